The molecule has 112 valence electrons. The molecule has 0 aliphatic heterocycles. The summed E-state index contributed by atoms with van der Waals surface area (Å²) in [7, 11) is 0. The van der Waals surface area contributed by atoms with Crippen molar-refractivity contribution >= 4 is 5.97 Å². The zero-order valence-corrected chi connectivity index (χ0v) is 12.6. The predicted octanol–water partition coefficient (Wildman–Crippen LogP) is 4.54. The van der Waals surface area contributed by atoms with Gasteiger partial charge in [-0.25, -0.2) is 0 Å². The molecule has 0 unspecified atom stereocenters. The molecule has 2 aromatic rings. The van der Waals surface area contributed by atoms with Gasteiger partial charge < -0.3 is 5.11 Å². The normalized spacial score (nSPS) is 18.5. The molecule has 4 rings (SSSR count). The average Bonchev–Trinajstić information content (AvgIpc) is 2.94. The molecule has 22 heavy (non-hydrogen) atoms. The Balaban J connectivity index is 1.90. The monoisotopic (exact) mass is 292 g/mol. The van der Waals surface area contributed by atoms with Gasteiger partial charge in [0.25, 0.3) is 0 Å². The van der Waals surface area contributed by atoms with Crippen LogP contribution in [0.15, 0.2) is 42.5 Å². The first kappa shape index (κ1) is 13.6. The van der Waals surface area contributed by atoms with E-state index in [0.29, 0.717) is 0 Å². The second kappa shape index (κ2) is 4.98. The van der Waals surface area contributed by atoms with Crippen molar-refractivity contribution in [1.82, 2.24) is 0 Å². The molecule has 0 radical (unpaired) electrons. The minimum absolute atomic E-state index is 0.642. The van der Waals surface area contributed by atoms with Gasteiger partial charge in [-0.1, -0.05) is 61.7 Å². The lowest BCUT2D eigenvalue weighted by Crippen LogP contribution is -2.38. The van der Waals surface area contributed by atoms with Crippen molar-refractivity contribution in [2.75, 3.05) is 0 Å². The standard InChI is InChI=1S/C20H20O2/c21-19(22)20(11-4-1-5-12-20)18-10-6-9-16-15-8-3-2-7-14(15)13-17(16)18/h2-3,6-10H,1,4-5,11-13H2,(H,21,22). The number of carboxylic acid groups (broad SMARTS) is 1. The molecular formula is C20H20O2. The van der Waals surface area contributed by atoms with Gasteiger partial charge in [0.05, 0.1) is 5.41 Å². The van der Waals surface area contributed by atoms with E-state index in [0.717, 1.165) is 44.1 Å². The highest BCUT2D eigenvalue weighted by Crippen LogP contribution is 2.46. The molecule has 0 saturated heterocycles. The maximum absolute atomic E-state index is 12.1. The van der Waals surface area contributed by atoms with Crippen LogP contribution in [-0.2, 0) is 16.6 Å². The van der Waals surface area contributed by atoms with Crippen molar-refractivity contribution in [3.8, 4) is 11.1 Å². The van der Waals surface area contributed by atoms with E-state index in [2.05, 4.69) is 36.4 Å². The Labute approximate surface area is 130 Å². The second-order valence-corrected chi connectivity index (χ2v) is 6.61. The number of hydrogen-bond donors (Lipinski definition) is 1. The van der Waals surface area contributed by atoms with Crippen LogP contribution >= 0.6 is 0 Å². The van der Waals surface area contributed by atoms with Gasteiger partial charge in [0, 0.05) is 0 Å². The lowest BCUT2D eigenvalue weighted by molar-refractivity contribution is -0.145. The number of rotatable bonds is 2. The molecule has 0 heterocycles. The van der Waals surface area contributed by atoms with E-state index in [1.807, 2.05) is 6.07 Å². The van der Waals surface area contributed by atoms with E-state index >= 15 is 0 Å². The number of hydrogen-bond acceptors (Lipinski definition) is 1. The predicted molar refractivity (Wildman–Crippen MR) is 87.1 cm³/mol. The summed E-state index contributed by atoms with van der Waals surface area (Å²) in [6, 6.07) is 14.7. The number of benzene rings is 2. The van der Waals surface area contributed by atoms with Gasteiger partial charge in [-0.15, -0.1) is 0 Å². The Bertz CT molecular complexity index is 739. The highest BCUT2D eigenvalue weighted by atomic mass is 16.4. The maximum atomic E-state index is 12.1. The summed E-state index contributed by atoms with van der Waals surface area (Å²) >= 11 is 0. The Kier molecular flexibility index (Phi) is 3.07. The smallest absolute Gasteiger partial charge is 0.314 e. The topological polar surface area (TPSA) is 37.3 Å². The summed E-state index contributed by atoms with van der Waals surface area (Å²) in [5, 5.41) is 9.99. The molecule has 0 atom stereocenters. The lowest BCUT2D eigenvalue weighted by atomic mass is 9.67. The Morgan fingerprint density at radius 1 is 0.909 bits per heavy atom. The van der Waals surface area contributed by atoms with Gasteiger partial charge in [0.15, 0.2) is 0 Å². The van der Waals surface area contributed by atoms with E-state index < -0.39 is 11.4 Å². The fourth-order valence-electron chi connectivity index (χ4n) is 4.36. The SMILES string of the molecule is O=C(O)C1(c2cccc3c2Cc2ccccc2-3)CCCCC1. The molecule has 2 aliphatic carbocycles. The molecule has 2 nitrogen and oxygen atoms in total. The van der Waals surface area contributed by atoms with E-state index in [1.54, 1.807) is 0 Å². The van der Waals surface area contributed by atoms with Crippen molar-refractivity contribution < 1.29 is 9.90 Å². The minimum Gasteiger partial charge on any atom is -0.481 e. The van der Waals surface area contributed by atoms with E-state index in [1.165, 1.54) is 22.3 Å². The summed E-state index contributed by atoms with van der Waals surface area (Å²) in [4.78, 5) is 12.1. The molecule has 2 heteroatoms. The van der Waals surface area contributed by atoms with Crippen LogP contribution in [0.5, 0.6) is 0 Å². The van der Waals surface area contributed by atoms with Crippen LogP contribution < -0.4 is 0 Å². The lowest BCUT2D eigenvalue weighted by Gasteiger charge is -2.35. The summed E-state index contributed by atoms with van der Waals surface area (Å²) in [6.07, 6.45) is 5.61. The number of fused-ring (bicyclic) bond motifs is 3. The molecule has 2 aliphatic rings. The number of aliphatic carboxylic acids is 1. The first-order valence-corrected chi connectivity index (χ1v) is 8.16. The van der Waals surface area contributed by atoms with Crippen LogP contribution in [0.1, 0.15) is 48.8 Å². The first-order valence-electron chi connectivity index (χ1n) is 8.16. The summed E-state index contributed by atoms with van der Waals surface area (Å²) in [5.41, 5.74) is 5.46. The molecule has 0 spiro atoms. The minimum atomic E-state index is -0.675. The molecule has 0 bridgehead atoms. The molecular weight excluding hydrogens is 272 g/mol. The Hall–Kier alpha value is -2.09. The van der Waals surface area contributed by atoms with Crippen molar-refractivity contribution in [3.63, 3.8) is 0 Å². The van der Waals surface area contributed by atoms with Crippen LogP contribution in [0.2, 0.25) is 0 Å². The Morgan fingerprint density at radius 3 is 2.41 bits per heavy atom. The van der Waals surface area contributed by atoms with Gasteiger partial charge in [-0.05, 0) is 47.1 Å². The van der Waals surface area contributed by atoms with Gasteiger partial charge in [0.2, 0.25) is 0 Å². The Morgan fingerprint density at radius 2 is 1.64 bits per heavy atom. The molecule has 1 N–H and O–H groups in total. The zero-order chi connectivity index (χ0) is 15.2. The van der Waals surface area contributed by atoms with Gasteiger partial charge in [-0.3, -0.25) is 4.79 Å². The third kappa shape index (κ3) is 1.83. The van der Waals surface area contributed by atoms with Crippen LogP contribution in [0.4, 0.5) is 0 Å². The van der Waals surface area contributed by atoms with E-state index in [-0.39, 0.29) is 0 Å². The number of carboxylic acids is 1. The quantitative estimate of drug-likeness (QED) is 0.752. The summed E-state index contributed by atoms with van der Waals surface area (Å²) in [6.45, 7) is 0. The zero-order valence-electron chi connectivity index (χ0n) is 12.6. The third-order valence-corrected chi connectivity index (χ3v) is 5.48. The van der Waals surface area contributed by atoms with Gasteiger partial charge >= 0.3 is 5.97 Å². The summed E-state index contributed by atoms with van der Waals surface area (Å²) < 4.78 is 0. The largest absolute Gasteiger partial charge is 0.481 e. The third-order valence-electron chi connectivity index (χ3n) is 5.48. The van der Waals surface area contributed by atoms with E-state index in [4.69, 9.17) is 0 Å². The highest BCUT2D eigenvalue weighted by molar-refractivity contribution is 5.86. The maximum Gasteiger partial charge on any atom is 0.314 e. The second-order valence-electron chi connectivity index (χ2n) is 6.61. The van der Waals surface area contributed by atoms with Gasteiger partial charge in [-0.2, -0.15) is 0 Å². The first-order chi connectivity index (χ1) is 10.7. The van der Waals surface area contributed by atoms with Crippen LogP contribution in [0.25, 0.3) is 11.1 Å². The molecule has 0 amide bonds. The van der Waals surface area contributed by atoms with Gasteiger partial charge in [0.1, 0.15) is 0 Å². The van der Waals surface area contributed by atoms with Crippen molar-refractivity contribution in [2.45, 2.75) is 43.9 Å². The molecule has 0 aromatic heterocycles. The van der Waals surface area contributed by atoms with Crippen LogP contribution in [-0.4, -0.2) is 11.1 Å². The number of carbonyl (C=O) groups is 1. The van der Waals surface area contributed by atoms with Crippen molar-refractivity contribution in [2.24, 2.45) is 0 Å². The summed E-state index contributed by atoms with van der Waals surface area (Å²) in [5.74, 6) is -0.642. The van der Waals surface area contributed by atoms with Crippen molar-refractivity contribution in [1.29, 1.82) is 0 Å². The van der Waals surface area contributed by atoms with Crippen LogP contribution in [0, 0.1) is 0 Å². The molecule has 2 aromatic carbocycles. The van der Waals surface area contributed by atoms with E-state index in [9.17, 15) is 9.90 Å². The van der Waals surface area contributed by atoms with Crippen molar-refractivity contribution in [3.05, 3.63) is 59.2 Å². The fourth-order valence-corrected chi connectivity index (χ4v) is 4.36. The van der Waals surface area contributed by atoms with Crippen LogP contribution in [0.3, 0.4) is 0 Å². The molecule has 1 fully saturated rings. The fraction of sp³-hybridized carbons (Fsp3) is 0.350. The molecule has 1 saturated carbocycles. The average molecular weight is 292 g/mol. The highest BCUT2D eigenvalue weighted by Gasteiger charge is 2.43.